The number of hydrogen-bond donors (Lipinski definition) is 2. The van der Waals surface area contributed by atoms with Crippen molar-refractivity contribution in [3.63, 3.8) is 0 Å². The maximum Gasteiger partial charge on any atom is 0.315 e. The first-order chi connectivity index (χ1) is 8.70. The Labute approximate surface area is 111 Å². The van der Waals surface area contributed by atoms with Gasteiger partial charge in [-0.05, 0) is 12.8 Å². The molecule has 2 amide bonds. The summed E-state index contributed by atoms with van der Waals surface area (Å²) >= 11 is 1.85. The zero-order valence-electron chi connectivity index (χ0n) is 10.3. The number of nitrogens with one attached hydrogen (secondary N) is 2. The number of carbonyl (C=O) groups is 2. The number of allylic oxidation sites excluding steroid dienone is 1. The number of thioether (sulfide) groups is 1. The second kappa shape index (κ2) is 6.13. The van der Waals surface area contributed by atoms with Crippen LogP contribution in [0.2, 0.25) is 0 Å². The number of rotatable bonds is 5. The highest BCUT2D eigenvalue weighted by Crippen LogP contribution is 2.30. The minimum atomic E-state index is -0.161. The van der Waals surface area contributed by atoms with Gasteiger partial charge in [0.05, 0.1) is 19.2 Å². The minimum Gasteiger partial charge on any atom is -0.469 e. The molecule has 0 aromatic rings. The lowest BCUT2D eigenvalue weighted by molar-refractivity contribution is -0.140. The van der Waals surface area contributed by atoms with Crippen LogP contribution in [0.4, 0.5) is 4.79 Å². The van der Waals surface area contributed by atoms with Gasteiger partial charge < -0.3 is 15.4 Å². The zero-order valence-corrected chi connectivity index (χ0v) is 11.2. The van der Waals surface area contributed by atoms with Crippen LogP contribution in [0.3, 0.4) is 0 Å². The lowest BCUT2D eigenvalue weighted by Gasteiger charge is -2.12. The van der Waals surface area contributed by atoms with E-state index in [0.29, 0.717) is 11.7 Å². The molecule has 0 saturated carbocycles. The van der Waals surface area contributed by atoms with E-state index >= 15 is 0 Å². The molecule has 2 aliphatic rings. The molecule has 5 nitrogen and oxygen atoms in total. The highest BCUT2D eigenvalue weighted by atomic mass is 32.2. The second-order valence-corrected chi connectivity index (χ2v) is 5.66. The number of ether oxygens (including phenoxy) is 1. The predicted molar refractivity (Wildman–Crippen MR) is 70.5 cm³/mol. The Kier molecular flexibility index (Phi) is 4.52. The average molecular weight is 270 g/mol. The van der Waals surface area contributed by atoms with Crippen molar-refractivity contribution < 1.29 is 14.3 Å². The topological polar surface area (TPSA) is 67.4 Å². The van der Waals surface area contributed by atoms with E-state index in [0.717, 1.165) is 18.6 Å². The summed E-state index contributed by atoms with van der Waals surface area (Å²) in [5.41, 5.74) is 0. The Hall–Kier alpha value is -1.17. The molecule has 0 aromatic heterocycles. The third kappa shape index (κ3) is 3.19. The molecule has 0 spiro atoms. The van der Waals surface area contributed by atoms with E-state index in [1.807, 2.05) is 11.8 Å². The van der Waals surface area contributed by atoms with Crippen LogP contribution >= 0.6 is 11.8 Å². The normalized spacial score (nSPS) is 30.1. The highest BCUT2D eigenvalue weighted by Gasteiger charge is 2.41. The van der Waals surface area contributed by atoms with Crippen LogP contribution in [0, 0.1) is 0 Å². The number of methoxy groups -OCH3 is 1. The van der Waals surface area contributed by atoms with E-state index in [2.05, 4.69) is 27.5 Å². The molecule has 2 N–H and O–H groups in total. The Morgan fingerprint density at radius 3 is 3.17 bits per heavy atom. The molecule has 2 fully saturated rings. The molecule has 0 radical (unpaired) electrons. The fourth-order valence-electron chi connectivity index (χ4n) is 2.20. The summed E-state index contributed by atoms with van der Waals surface area (Å²) in [5, 5.41) is 6.18. The van der Waals surface area contributed by atoms with Crippen molar-refractivity contribution in [2.24, 2.45) is 0 Å². The first-order valence-corrected chi connectivity index (χ1v) is 7.17. The first kappa shape index (κ1) is 13.3. The fraction of sp³-hybridized carbons (Fsp3) is 0.667. The quantitative estimate of drug-likeness (QED) is 0.339. The number of fused-ring (bicyclic) bond motifs is 1. The van der Waals surface area contributed by atoms with Crippen molar-refractivity contribution in [1.29, 1.82) is 0 Å². The Balaban J connectivity index is 1.70. The van der Waals surface area contributed by atoms with Gasteiger partial charge in [-0.25, -0.2) is 4.79 Å². The molecule has 2 aliphatic heterocycles. The summed E-state index contributed by atoms with van der Waals surface area (Å²) in [5.74, 6) is 0.798. The second-order valence-electron chi connectivity index (χ2n) is 4.44. The van der Waals surface area contributed by atoms with Gasteiger partial charge in [-0.1, -0.05) is 12.2 Å². The van der Waals surface area contributed by atoms with Crippen molar-refractivity contribution in [2.45, 2.75) is 36.6 Å². The molecular weight excluding hydrogens is 252 g/mol. The van der Waals surface area contributed by atoms with Crippen LogP contribution in [0.5, 0.6) is 0 Å². The SMILES string of the molecule is COC(=O)CCC/C=C/C1SCC2NC(=O)NC21. The smallest absolute Gasteiger partial charge is 0.315 e. The van der Waals surface area contributed by atoms with Crippen LogP contribution in [0.15, 0.2) is 12.2 Å². The van der Waals surface area contributed by atoms with Crippen molar-refractivity contribution in [1.82, 2.24) is 10.6 Å². The predicted octanol–water partition coefficient (Wildman–Crippen LogP) is 1.05. The first-order valence-electron chi connectivity index (χ1n) is 6.13. The number of urea groups is 1. The van der Waals surface area contributed by atoms with Gasteiger partial charge in [0, 0.05) is 17.4 Å². The fourth-order valence-corrected chi connectivity index (χ4v) is 3.61. The summed E-state index contributed by atoms with van der Waals surface area (Å²) in [7, 11) is 1.41. The molecule has 0 bridgehead atoms. The molecule has 6 heteroatoms. The van der Waals surface area contributed by atoms with Gasteiger partial charge in [-0.15, -0.1) is 11.8 Å². The van der Waals surface area contributed by atoms with Gasteiger partial charge in [0.25, 0.3) is 0 Å². The van der Waals surface area contributed by atoms with Gasteiger partial charge in [-0.2, -0.15) is 0 Å². The maximum atomic E-state index is 11.2. The summed E-state index contributed by atoms with van der Waals surface area (Å²) in [4.78, 5) is 22.1. The van der Waals surface area contributed by atoms with Gasteiger partial charge in [0.2, 0.25) is 0 Å². The molecule has 3 unspecified atom stereocenters. The van der Waals surface area contributed by atoms with Crippen molar-refractivity contribution in [3.8, 4) is 0 Å². The standard InChI is InChI=1S/C12H18N2O3S/c1-17-10(15)6-4-2-3-5-9-11-8(7-18-9)13-12(16)14-11/h3,5,8-9,11H,2,4,6-7H2,1H3,(H2,13,14,16)/b5-3+. The molecule has 0 aromatic carbocycles. The number of amides is 2. The van der Waals surface area contributed by atoms with Gasteiger partial charge >= 0.3 is 12.0 Å². The number of carbonyl (C=O) groups excluding carboxylic acids is 2. The van der Waals surface area contributed by atoms with Gasteiger partial charge in [0.15, 0.2) is 0 Å². The zero-order chi connectivity index (χ0) is 13.0. The third-order valence-corrected chi connectivity index (χ3v) is 4.56. The Morgan fingerprint density at radius 1 is 1.56 bits per heavy atom. The molecule has 2 saturated heterocycles. The van der Waals surface area contributed by atoms with Crippen molar-refractivity contribution >= 4 is 23.8 Å². The molecule has 0 aliphatic carbocycles. The minimum absolute atomic E-state index is 0.0607. The van der Waals surface area contributed by atoms with Crippen LogP contribution < -0.4 is 10.6 Å². The summed E-state index contributed by atoms with van der Waals surface area (Å²) < 4.78 is 4.58. The van der Waals surface area contributed by atoms with Gasteiger partial charge in [-0.3, -0.25) is 4.79 Å². The summed E-state index contributed by atoms with van der Waals surface area (Å²) in [6, 6.07) is 0.404. The van der Waals surface area contributed by atoms with E-state index in [4.69, 9.17) is 0 Å². The highest BCUT2D eigenvalue weighted by molar-refractivity contribution is 8.00. The average Bonchev–Trinajstić information content (AvgIpc) is 2.88. The monoisotopic (exact) mass is 270 g/mol. The van der Waals surface area contributed by atoms with E-state index in [-0.39, 0.29) is 24.1 Å². The maximum absolute atomic E-state index is 11.2. The van der Waals surface area contributed by atoms with Crippen LogP contribution in [-0.4, -0.2) is 42.2 Å². The lowest BCUT2D eigenvalue weighted by atomic mass is 10.1. The molecule has 2 rings (SSSR count). The Morgan fingerprint density at radius 2 is 2.39 bits per heavy atom. The molecule has 2 heterocycles. The summed E-state index contributed by atoms with van der Waals surface area (Å²) in [6.45, 7) is 0. The number of esters is 1. The number of hydrogen-bond acceptors (Lipinski definition) is 4. The van der Waals surface area contributed by atoms with Crippen LogP contribution in [0.1, 0.15) is 19.3 Å². The van der Waals surface area contributed by atoms with Crippen molar-refractivity contribution in [3.05, 3.63) is 12.2 Å². The number of unbranched alkanes of at least 4 members (excludes halogenated alkanes) is 1. The third-order valence-electron chi connectivity index (χ3n) is 3.18. The van der Waals surface area contributed by atoms with E-state index in [1.54, 1.807) is 0 Å². The molecular formula is C12H18N2O3S. The van der Waals surface area contributed by atoms with Crippen LogP contribution in [-0.2, 0) is 9.53 Å². The van der Waals surface area contributed by atoms with E-state index in [1.165, 1.54) is 7.11 Å². The van der Waals surface area contributed by atoms with E-state index < -0.39 is 0 Å². The summed E-state index contributed by atoms with van der Waals surface area (Å²) in [6.07, 6.45) is 6.36. The molecule has 18 heavy (non-hydrogen) atoms. The van der Waals surface area contributed by atoms with Gasteiger partial charge in [0.1, 0.15) is 0 Å². The van der Waals surface area contributed by atoms with Crippen molar-refractivity contribution in [2.75, 3.05) is 12.9 Å². The van der Waals surface area contributed by atoms with E-state index in [9.17, 15) is 9.59 Å². The largest absolute Gasteiger partial charge is 0.469 e. The lowest BCUT2D eigenvalue weighted by Crippen LogP contribution is -2.35. The van der Waals surface area contributed by atoms with Crippen LogP contribution in [0.25, 0.3) is 0 Å². The Bertz CT molecular complexity index is 359. The molecule has 3 atom stereocenters. The molecule has 100 valence electrons.